The predicted octanol–water partition coefficient (Wildman–Crippen LogP) is 1.63. The number of ether oxygens (including phenoxy) is 1. The van der Waals surface area contributed by atoms with Crippen molar-refractivity contribution in [3.63, 3.8) is 0 Å². The van der Waals surface area contributed by atoms with Crippen LogP contribution in [0.15, 0.2) is 18.5 Å². The molecule has 1 aromatic heterocycles. The summed E-state index contributed by atoms with van der Waals surface area (Å²) in [4.78, 5) is 15.1. The molecule has 20 heavy (non-hydrogen) atoms. The van der Waals surface area contributed by atoms with Gasteiger partial charge in [0.05, 0.1) is 43.0 Å². The summed E-state index contributed by atoms with van der Waals surface area (Å²) in [6.45, 7) is 1.95. The van der Waals surface area contributed by atoms with Crippen LogP contribution >= 0.6 is 0 Å². The number of aliphatic hydroxyl groups excluding tert-OH is 1. The van der Waals surface area contributed by atoms with Gasteiger partial charge in [-0.1, -0.05) is 0 Å². The van der Waals surface area contributed by atoms with Gasteiger partial charge in [-0.05, 0) is 6.92 Å². The van der Waals surface area contributed by atoms with Gasteiger partial charge < -0.3 is 14.4 Å². The van der Waals surface area contributed by atoms with Crippen molar-refractivity contribution < 1.29 is 23.4 Å². The van der Waals surface area contributed by atoms with Crippen LogP contribution in [0.5, 0.6) is 0 Å². The van der Waals surface area contributed by atoms with Gasteiger partial charge in [0.15, 0.2) is 11.6 Å². The van der Waals surface area contributed by atoms with Gasteiger partial charge in [-0.25, -0.2) is 13.8 Å². The first-order valence-corrected chi connectivity index (χ1v) is 6.14. The minimum atomic E-state index is -0.987. The topological polar surface area (TPSA) is 64.3 Å². The Kier molecular flexibility index (Phi) is 4.29. The quantitative estimate of drug-likeness (QED) is 0.848. The Bertz CT molecular complexity index is 627. The van der Waals surface area contributed by atoms with Crippen molar-refractivity contribution in [2.75, 3.05) is 6.61 Å². The van der Waals surface area contributed by atoms with E-state index in [-0.39, 0.29) is 25.1 Å². The lowest BCUT2D eigenvalue weighted by atomic mass is 10.2. The standard InChI is InChI=1S/C13H14F2N2O3/c1-2-20-13(19)3-8(18)6-17-7-16-11-4-9(14)10(15)5-12(11)17/h4-5,7-8,18H,2-3,6H2,1H3. The lowest BCUT2D eigenvalue weighted by molar-refractivity contribution is -0.145. The molecule has 0 aliphatic heterocycles. The zero-order valence-corrected chi connectivity index (χ0v) is 10.8. The normalized spacial score (nSPS) is 12.6. The van der Waals surface area contributed by atoms with Crippen molar-refractivity contribution in [1.29, 1.82) is 0 Å². The molecule has 7 heteroatoms. The van der Waals surface area contributed by atoms with Gasteiger partial charge in [-0.2, -0.15) is 0 Å². The summed E-state index contributed by atoms with van der Waals surface area (Å²) < 4.78 is 32.4. The van der Waals surface area contributed by atoms with Crippen molar-refractivity contribution >= 4 is 17.0 Å². The molecule has 1 aromatic carbocycles. The number of rotatable bonds is 5. The second kappa shape index (κ2) is 5.96. The number of benzene rings is 1. The van der Waals surface area contributed by atoms with Gasteiger partial charge in [-0.15, -0.1) is 0 Å². The van der Waals surface area contributed by atoms with Gasteiger partial charge in [0, 0.05) is 12.1 Å². The van der Waals surface area contributed by atoms with Crippen LogP contribution in [0.3, 0.4) is 0 Å². The summed E-state index contributed by atoms with van der Waals surface area (Å²) in [7, 11) is 0. The Morgan fingerprint density at radius 3 is 2.85 bits per heavy atom. The predicted molar refractivity (Wildman–Crippen MR) is 66.9 cm³/mol. The van der Waals surface area contributed by atoms with Gasteiger partial charge in [0.1, 0.15) is 0 Å². The summed E-state index contributed by atoms with van der Waals surface area (Å²) in [6.07, 6.45) is 0.203. The maximum atomic E-state index is 13.2. The molecule has 0 aliphatic rings. The van der Waals surface area contributed by atoms with Gasteiger partial charge in [0.2, 0.25) is 0 Å². The lowest BCUT2D eigenvalue weighted by Crippen LogP contribution is -2.21. The van der Waals surface area contributed by atoms with Crippen LogP contribution in [0.4, 0.5) is 8.78 Å². The molecule has 0 amide bonds. The second-order valence-corrected chi connectivity index (χ2v) is 4.31. The highest BCUT2D eigenvalue weighted by Gasteiger charge is 2.15. The van der Waals surface area contributed by atoms with Gasteiger partial charge in [0.25, 0.3) is 0 Å². The molecule has 0 fully saturated rings. The molecule has 1 unspecified atom stereocenters. The number of fused-ring (bicyclic) bond motifs is 1. The highest BCUT2D eigenvalue weighted by Crippen LogP contribution is 2.18. The first kappa shape index (κ1) is 14.4. The van der Waals surface area contributed by atoms with E-state index in [1.165, 1.54) is 10.9 Å². The van der Waals surface area contributed by atoms with E-state index >= 15 is 0 Å². The fraction of sp³-hybridized carbons (Fsp3) is 0.385. The third kappa shape index (κ3) is 3.11. The molecule has 1 heterocycles. The molecule has 108 valence electrons. The molecule has 0 saturated carbocycles. The third-order valence-corrected chi connectivity index (χ3v) is 2.78. The maximum Gasteiger partial charge on any atom is 0.308 e. The largest absolute Gasteiger partial charge is 0.466 e. The van der Waals surface area contributed by atoms with Crippen molar-refractivity contribution in [3.05, 3.63) is 30.1 Å². The first-order chi connectivity index (χ1) is 9.51. The van der Waals surface area contributed by atoms with E-state index < -0.39 is 23.7 Å². The molecule has 0 saturated heterocycles. The molecular formula is C13H14F2N2O3. The molecule has 2 aromatic rings. The number of halogens is 2. The fourth-order valence-electron chi connectivity index (χ4n) is 1.90. The molecule has 0 radical (unpaired) electrons. The molecule has 5 nitrogen and oxygen atoms in total. The number of hydrogen-bond donors (Lipinski definition) is 1. The SMILES string of the molecule is CCOC(=O)CC(O)Cn1cnc2cc(F)c(F)cc21. The first-order valence-electron chi connectivity index (χ1n) is 6.14. The van der Waals surface area contributed by atoms with Crippen molar-refractivity contribution in [3.8, 4) is 0 Å². The summed E-state index contributed by atoms with van der Waals surface area (Å²) in [6, 6.07) is 1.99. The number of aliphatic hydroxyl groups is 1. The minimum absolute atomic E-state index is 0.0421. The van der Waals surface area contributed by atoms with Gasteiger partial charge >= 0.3 is 5.97 Å². The van der Waals surface area contributed by atoms with Crippen LogP contribution < -0.4 is 0 Å². The summed E-state index contributed by atoms with van der Waals surface area (Å²) in [5.74, 6) is -2.48. The van der Waals surface area contributed by atoms with E-state index in [0.29, 0.717) is 5.52 Å². The van der Waals surface area contributed by atoms with Crippen LogP contribution in [0.2, 0.25) is 0 Å². The number of esters is 1. The smallest absolute Gasteiger partial charge is 0.308 e. The summed E-state index contributed by atoms with van der Waals surface area (Å²) in [5.41, 5.74) is 0.638. The van der Waals surface area contributed by atoms with Crippen LogP contribution in [-0.2, 0) is 16.1 Å². The minimum Gasteiger partial charge on any atom is -0.466 e. The number of nitrogens with zero attached hydrogens (tertiary/aromatic N) is 2. The number of hydrogen-bond acceptors (Lipinski definition) is 4. The summed E-state index contributed by atoms with van der Waals surface area (Å²) >= 11 is 0. The zero-order chi connectivity index (χ0) is 14.7. The summed E-state index contributed by atoms with van der Waals surface area (Å²) in [5, 5.41) is 9.78. The highest BCUT2D eigenvalue weighted by molar-refractivity contribution is 5.75. The Morgan fingerprint density at radius 1 is 1.45 bits per heavy atom. The molecule has 2 rings (SSSR count). The number of carbonyl (C=O) groups excluding carboxylic acids is 1. The highest BCUT2D eigenvalue weighted by atomic mass is 19.2. The Labute approximate surface area is 113 Å². The van der Waals surface area contributed by atoms with Crippen LogP contribution in [0.25, 0.3) is 11.0 Å². The Hall–Kier alpha value is -2.02. The van der Waals surface area contributed by atoms with Crippen LogP contribution in [-0.4, -0.2) is 33.3 Å². The second-order valence-electron chi connectivity index (χ2n) is 4.31. The van der Waals surface area contributed by atoms with Crippen molar-refractivity contribution in [1.82, 2.24) is 9.55 Å². The fourth-order valence-corrected chi connectivity index (χ4v) is 1.90. The van der Waals surface area contributed by atoms with Gasteiger partial charge in [-0.3, -0.25) is 4.79 Å². The van der Waals surface area contributed by atoms with Crippen molar-refractivity contribution in [2.45, 2.75) is 26.0 Å². The van der Waals surface area contributed by atoms with Crippen molar-refractivity contribution in [2.24, 2.45) is 0 Å². The molecule has 1 atom stereocenters. The van der Waals surface area contributed by atoms with E-state index in [2.05, 4.69) is 4.98 Å². The van der Waals surface area contributed by atoms with E-state index in [1.54, 1.807) is 6.92 Å². The van der Waals surface area contributed by atoms with Crippen LogP contribution in [0, 0.1) is 11.6 Å². The Morgan fingerprint density at radius 2 is 2.15 bits per heavy atom. The maximum absolute atomic E-state index is 13.2. The van der Waals surface area contributed by atoms with E-state index in [0.717, 1.165) is 12.1 Å². The molecule has 0 bridgehead atoms. The van der Waals surface area contributed by atoms with E-state index in [9.17, 15) is 18.7 Å². The number of imidazole rings is 1. The molecule has 0 aliphatic carbocycles. The number of carbonyl (C=O) groups is 1. The van der Waals surface area contributed by atoms with Crippen LogP contribution in [0.1, 0.15) is 13.3 Å². The molecule has 0 spiro atoms. The third-order valence-electron chi connectivity index (χ3n) is 2.78. The zero-order valence-electron chi connectivity index (χ0n) is 10.8. The lowest BCUT2D eigenvalue weighted by Gasteiger charge is -2.11. The average Bonchev–Trinajstić information content (AvgIpc) is 2.72. The monoisotopic (exact) mass is 284 g/mol. The average molecular weight is 284 g/mol. The molecular weight excluding hydrogens is 270 g/mol. The molecule has 1 N–H and O–H groups in total. The number of aromatic nitrogens is 2. The Balaban J connectivity index is 2.13. The van der Waals surface area contributed by atoms with E-state index in [1.807, 2.05) is 0 Å². The van der Waals surface area contributed by atoms with E-state index in [4.69, 9.17) is 4.74 Å².